The van der Waals surface area contributed by atoms with Crippen LogP contribution in [0.5, 0.6) is 0 Å². The molecule has 0 aromatic rings. The number of amides is 2. The Morgan fingerprint density at radius 2 is 1.88 bits per heavy atom. The maximum absolute atomic E-state index is 11.7. The molecular formula is C11H22N4O2. The van der Waals surface area contributed by atoms with Crippen LogP contribution in [0.25, 0.3) is 0 Å². The molecule has 17 heavy (non-hydrogen) atoms. The summed E-state index contributed by atoms with van der Waals surface area (Å²) >= 11 is 0. The van der Waals surface area contributed by atoms with E-state index in [1.54, 1.807) is 0 Å². The Kier molecular flexibility index (Phi) is 5.93. The summed E-state index contributed by atoms with van der Waals surface area (Å²) in [5.74, 6) is -0.357. The lowest BCUT2D eigenvalue weighted by Crippen LogP contribution is -2.45. The Bertz CT molecular complexity index is 264. The number of piperidine rings is 1. The van der Waals surface area contributed by atoms with Gasteiger partial charge in [-0.2, -0.15) is 0 Å². The number of carbonyl (C=O) groups excluding carboxylic acids is 2. The van der Waals surface area contributed by atoms with Crippen LogP contribution in [0.2, 0.25) is 0 Å². The van der Waals surface area contributed by atoms with Crippen molar-refractivity contribution in [2.75, 3.05) is 26.2 Å². The van der Waals surface area contributed by atoms with E-state index in [1.165, 1.54) is 6.42 Å². The summed E-state index contributed by atoms with van der Waals surface area (Å²) in [6.07, 6.45) is 3.87. The molecule has 1 fully saturated rings. The molecule has 1 rings (SSSR count). The molecule has 0 bridgehead atoms. The van der Waals surface area contributed by atoms with Gasteiger partial charge < -0.3 is 21.7 Å². The monoisotopic (exact) mass is 242 g/mol. The van der Waals surface area contributed by atoms with Gasteiger partial charge in [-0.25, -0.2) is 0 Å². The van der Waals surface area contributed by atoms with E-state index in [9.17, 15) is 9.59 Å². The highest BCUT2D eigenvalue weighted by atomic mass is 16.2. The van der Waals surface area contributed by atoms with Gasteiger partial charge in [0, 0.05) is 32.6 Å². The average molecular weight is 242 g/mol. The van der Waals surface area contributed by atoms with Crippen LogP contribution in [0, 0.1) is 0 Å². The predicted molar refractivity (Wildman–Crippen MR) is 65.1 cm³/mol. The van der Waals surface area contributed by atoms with E-state index in [4.69, 9.17) is 11.5 Å². The predicted octanol–water partition coefficient (Wildman–Crippen LogP) is -1.21. The van der Waals surface area contributed by atoms with E-state index in [0.717, 1.165) is 25.9 Å². The van der Waals surface area contributed by atoms with Gasteiger partial charge in [0.2, 0.25) is 11.8 Å². The molecule has 1 saturated heterocycles. The molecule has 1 unspecified atom stereocenters. The molecule has 6 nitrogen and oxygen atoms in total. The van der Waals surface area contributed by atoms with Crippen molar-refractivity contribution < 1.29 is 9.59 Å². The second kappa shape index (κ2) is 7.24. The number of hydrogen-bond acceptors (Lipinski definition) is 4. The molecule has 0 aromatic heterocycles. The standard InChI is InChI=1S/C11H22N4O2/c12-9(11(13)17)8-14-5-4-10(16)15-6-2-1-3-7-15/h9,14H,1-8,12H2,(H2,13,17). The number of carbonyl (C=O) groups is 2. The van der Waals surface area contributed by atoms with Crippen LogP contribution < -0.4 is 16.8 Å². The van der Waals surface area contributed by atoms with E-state index in [2.05, 4.69) is 5.32 Å². The van der Waals surface area contributed by atoms with Gasteiger partial charge in [0.25, 0.3) is 0 Å². The van der Waals surface area contributed by atoms with Crippen molar-refractivity contribution in [3.8, 4) is 0 Å². The van der Waals surface area contributed by atoms with Crippen molar-refractivity contribution in [2.45, 2.75) is 31.7 Å². The van der Waals surface area contributed by atoms with Crippen molar-refractivity contribution in [1.29, 1.82) is 0 Å². The van der Waals surface area contributed by atoms with Gasteiger partial charge in [0.1, 0.15) is 0 Å². The fraction of sp³-hybridized carbons (Fsp3) is 0.818. The Labute approximate surface area is 102 Å². The van der Waals surface area contributed by atoms with Crippen molar-refractivity contribution in [1.82, 2.24) is 10.2 Å². The van der Waals surface area contributed by atoms with Crippen LogP contribution in [0.1, 0.15) is 25.7 Å². The van der Waals surface area contributed by atoms with Crippen LogP contribution in [0.15, 0.2) is 0 Å². The molecule has 6 heteroatoms. The smallest absolute Gasteiger partial charge is 0.235 e. The third kappa shape index (κ3) is 5.14. The minimum absolute atomic E-state index is 0.171. The lowest BCUT2D eigenvalue weighted by molar-refractivity contribution is -0.131. The number of likely N-dealkylation sites (tertiary alicyclic amines) is 1. The van der Waals surface area contributed by atoms with Gasteiger partial charge >= 0.3 is 0 Å². The normalized spacial score (nSPS) is 17.8. The highest BCUT2D eigenvalue weighted by Gasteiger charge is 2.16. The van der Waals surface area contributed by atoms with Crippen LogP contribution in [0.3, 0.4) is 0 Å². The first-order chi connectivity index (χ1) is 8.11. The quantitative estimate of drug-likeness (QED) is 0.509. The maximum atomic E-state index is 11.7. The lowest BCUT2D eigenvalue weighted by atomic mass is 10.1. The summed E-state index contributed by atoms with van der Waals surface area (Å²) in [5.41, 5.74) is 10.5. The number of nitrogens with one attached hydrogen (secondary N) is 1. The fourth-order valence-corrected chi connectivity index (χ4v) is 1.85. The van der Waals surface area contributed by atoms with E-state index in [0.29, 0.717) is 19.5 Å². The Hall–Kier alpha value is -1.14. The topological polar surface area (TPSA) is 101 Å². The van der Waals surface area contributed by atoms with Gasteiger partial charge in [0.15, 0.2) is 0 Å². The van der Waals surface area contributed by atoms with Crippen LogP contribution in [-0.4, -0.2) is 48.9 Å². The van der Waals surface area contributed by atoms with Gasteiger partial charge in [0.05, 0.1) is 6.04 Å². The second-order valence-corrected chi connectivity index (χ2v) is 4.40. The molecule has 2 amide bonds. The van der Waals surface area contributed by atoms with Gasteiger partial charge in [-0.3, -0.25) is 9.59 Å². The van der Waals surface area contributed by atoms with Crippen molar-refractivity contribution in [2.24, 2.45) is 11.5 Å². The van der Waals surface area contributed by atoms with Crippen molar-refractivity contribution in [3.63, 3.8) is 0 Å². The molecule has 0 aliphatic carbocycles. The van der Waals surface area contributed by atoms with E-state index in [1.807, 2.05) is 4.90 Å². The molecule has 0 radical (unpaired) electrons. The molecule has 1 heterocycles. The van der Waals surface area contributed by atoms with Crippen LogP contribution >= 0.6 is 0 Å². The number of primary amides is 1. The van der Waals surface area contributed by atoms with Crippen molar-refractivity contribution >= 4 is 11.8 Å². The number of nitrogens with two attached hydrogens (primary N) is 2. The highest BCUT2D eigenvalue weighted by molar-refractivity contribution is 5.79. The largest absolute Gasteiger partial charge is 0.368 e. The zero-order valence-corrected chi connectivity index (χ0v) is 10.2. The highest BCUT2D eigenvalue weighted by Crippen LogP contribution is 2.09. The first kappa shape index (κ1) is 13.9. The second-order valence-electron chi connectivity index (χ2n) is 4.40. The summed E-state index contributed by atoms with van der Waals surface area (Å²) in [6, 6.07) is -0.680. The lowest BCUT2D eigenvalue weighted by Gasteiger charge is -2.26. The first-order valence-corrected chi connectivity index (χ1v) is 6.14. The molecule has 1 aliphatic heterocycles. The van der Waals surface area contributed by atoms with E-state index < -0.39 is 11.9 Å². The van der Waals surface area contributed by atoms with Crippen LogP contribution in [-0.2, 0) is 9.59 Å². The molecule has 0 spiro atoms. The van der Waals surface area contributed by atoms with Crippen molar-refractivity contribution in [3.05, 3.63) is 0 Å². The van der Waals surface area contributed by atoms with E-state index in [-0.39, 0.29) is 5.91 Å². The summed E-state index contributed by atoms with van der Waals surface area (Å²) < 4.78 is 0. The summed E-state index contributed by atoms with van der Waals surface area (Å²) in [7, 11) is 0. The average Bonchev–Trinajstić information content (AvgIpc) is 2.35. The molecule has 1 aliphatic rings. The molecule has 0 saturated carbocycles. The molecule has 0 aromatic carbocycles. The fourth-order valence-electron chi connectivity index (χ4n) is 1.85. The third-order valence-electron chi connectivity index (χ3n) is 2.95. The molecule has 5 N–H and O–H groups in total. The summed E-state index contributed by atoms with van der Waals surface area (Å²) in [5, 5.41) is 2.96. The maximum Gasteiger partial charge on any atom is 0.235 e. The van der Waals surface area contributed by atoms with Gasteiger partial charge in [-0.05, 0) is 19.3 Å². The Morgan fingerprint density at radius 3 is 2.47 bits per heavy atom. The third-order valence-corrected chi connectivity index (χ3v) is 2.95. The zero-order valence-electron chi connectivity index (χ0n) is 10.2. The number of rotatable bonds is 6. The first-order valence-electron chi connectivity index (χ1n) is 6.14. The number of nitrogens with zero attached hydrogens (tertiary/aromatic N) is 1. The minimum Gasteiger partial charge on any atom is -0.368 e. The molecule has 98 valence electrons. The van der Waals surface area contributed by atoms with Gasteiger partial charge in [-0.15, -0.1) is 0 Å². The summed E-state index contributed by atoms with van der Waals surface area (Å²) in [6.45, 7) is 2.61. The SMILES string of the molecule is NC(=O)C(N)CNCCC(=O)N1CCCCC1. The number of hydrogen-bond donors (Lipinski definition) is 3. The summed E-state index contributed by atoms with van der Waals surface area (Å²) in [4.78, 5) is 24.3. The zero-order chi connectivity index (χ0) is 12.7. The Morgan fingerprint density at radius 1 is 1.24 bits per heavy atom. The van der Waals surface area contributed by atoms with Gasteiger partial charge in [-0.1, -0.05) is 0 Å². The minimum atomic E-state index is -0.680. The Balaban J connectivity index is 2.09. The molecular weight excluding hydrogens is 220 g/mol. The molecule has 1 atom stereocenters. The van der Waals surface area contributed by atoms with Crippen LogP contribution in [0.4, 0.5) is 0 Å². The van der Waals surface area contributed by atoms with E-state index >= 15 is 0 Å².